The van der Waals surface area contributed by atoms with Crippen LogP contribution in [0.2, 0.25) is 0 Å². The van der Waals surface area contributed by atoms with E-state index in [4.69, 9.17) is 4.74 Å². The van der Waals surface area contributed by atoms with E-state index in [0.717, 1.165) is 31.7 Å². The zero-order chi connectivity index (χ0) is 18.1. The molecular weight excluding hydrogens is 328 g/mol. The molecule has 0 aliphatic carbocycles. The zero-order valence-electron chi connectivity index (χ0n) is 14.8. The molecule has 0 saturated carbocycles. The van der Waals surface area contributed by atoms with E-state index in [1.165, 1.54) is 11.0 Å². The van der Waals surface area contributed by atoms with Gasteiger partial charge < -0.3 is 14.7 Å². The van der Waals surface area contributed by atoms with E-state index in [-0.39, 0.29) is 17.3 Å². The number of carbonyl (C=O) groups excluding carboxylic acids is 1. The lowest BCUT2D eigenvalue weighted by Crippen LogP contribution is -3.13. The molecular formula is C21H22N2O3. The van der Waals surface area contributed by atoms with Gasteiger partial charge in [0.1, 0.15) is 12.3 Å². The number of hydrogen-bond donors (Lipinski definition) is 1. The number of nitrogens with one attached hydrogen (secondary N) is 1. The van der Waals surface area contributed by atoms with Crippen LogP contribution in [0.3, 0.4) is 0 Å². The maximum absolute atomic E-state index is 12.7. The number of allylic oxidation sites excluding steroid dienone is 1. The molecule has 0 spiro atoms. The van der Waals surface area contributed by atoms with E-state index in [2.05, 4.69) is 11.9 Å². The molecule has 2 aliphatic heterocycles. The van der Waals surface area contributed by atoms with Gasteiger partial charge in [0.15, 0.2) is 5.76 Å². The summed E-state index contributed by atoms with van der Waals surface area (Å²) in [5.74, 6) is 0.532. The maximum atomic E-state index is 12.7. The van der Waals surface area contributed by atoms with Gasteiger partial charge in [-0.15, -0.1) is 0 Å². The van der Waals surface area contributed by atoms with E-state index < -0.39 is 0 Å². The summed E-state index contributed by atoms with van der Waals surface area (Å²) in [6.07, 6.45) is 1.74. The molecule has 1 saturated heterocycles. The summed E-state index contributed by atoms with van der Waals surface area (Å²) in [6.45, 7) is 4.59. The smallest absolute Gasteiger partial charge is 0.231 e. The first-order valence-electron chi connectivity index (χ1n) is 8.96. The molecule has 2 heterocycles. The van der Waals surface area contributed by atoms with Crippen LogP contribution in [0.15, 0.2) is 48.2 Å². The summed E-state index contributed by atoms with van der Waals surface area (Å²) in [4.78, 5) is 16.3. The SMILES string of the molecule is CN1CC[NH+](Cc2c([O-])ccc3c2O/C(=C/c2ccccc2)C3=O)CC1. The summed E-state index contributed by atoms with van der Waals surface area (Å²) in [5.41, 5.74) is 2.01. The van der Waals surface area contributed by atoms with Crippen LogP contribution in [0.5, 0.6) is 11.5 Å². The Balaban J connectivity index is 1.62. The lowest BCUT2D eigenvalue weighted by molar-refractivity contribution is -0.918. The topological polar surface area (TPSA) is 57.0 Å². The quantitative estimate of drug-likeness (QED) is 0.829. The Bertz CT molecular complexity index is 853. The fraction of sp³-hybridized carbons (Fsp3) is 0.286. The molecule has 2 aromatic rings. The molecule has 0 unspecified atom stereocenters. The molecule has 0 aromatic heterocycles. The Morgan fingerprint density at radius 1 is 1.15 bits per heavy atom. The van der Waals surface area contributed by atoms with Crippen molar-refractivity contribution in [3.8, 4) is 11.5 Å². The average molecular weight is 350 g/mol. The van der Waals surface area contributed by atoms with Crippen molar-refractivity contribution in [1.29, 1.82) is 0 Å². The number of quaternary nitrogens is 1. The molecule has 1 N–H and O–H groups in total. The fourth-order valence-corrected chi connectivity index (χ4v) is 3.52. The maximum Gasteiger partial charge on any atom is 0.231 e. The van der Waals surface area contributed by atoms with Gasteiger partial charge in [0.2, 0.25) is 5.78 Å². The minimum atomic E-state index is -0.154. The Morgan fingerprint density at radius 2 is 1.88 bits per heavy atom. The number of likely N-dealkylation sites (N-methyl/N-ethyl adjacent to an activating group) is 1. The van der Waals surface area contributed by atoms with Gasteiger partial charge in [-0.3, -0.25) is 9.69 Å². The Morgan fingerprint density at radius 3 is 2.62 bits per heavy atom. The van der Waals surface area contributed by atoms with E-state index in [1.54, 1.807) is 12.1 Å². The first-order valence-corrected chi connectivity index (χ1v) is 8.96. The number of ether oxygens (including phenoxy) is 1. The Kier molecular flexibility index (Phi) is 4.49. The summed E-state index contributed by atoms with van der Waals surface area (Å²) in [6, 6.07) is 12.7. The van der Waals surface area contributed by atoms with Crippen LogP contribution >= 0.6 is 0 Å². The molecule has 4 rings (SSSR count). The number of ketones is 1. The van der Waals surface area contributed by atoms with Gasteiger partial charge in [0, 0.05) is 18.7 Å². The number of Topliss-reactive ketones (excluding diaryl/α,β-unsaturated/α-hetero) is 1. The number of benzene rings is 2. The van der Waals surface area contributed by atoms with Crippen molar-refractivity contribution in [2.75, 3.05) is 33.2 Å². The molecule has 0 bridgehead atoms. The van der Waals surface area contributed by atoms with Gasteiger partial charge in [-0.2, -0.15) is 0 Å². The molecule has 0 atom stereocenters. The average Bonchev–Trinajstić information content (AvgIpc) is 2.96. The van der Waals surface area contributed by atoms with Gasteiger partial charge in [-0.1, -0.05) is 42.1 Å². The molecule has 26 heavy (non-hydrogen) atoms. The third kappa shape index (κ3) is 3.23. The van der Waals surface area contributed by atoms with E-state index in [0.29, 0.717) is 23.4 Å². The normalized spacial score (nSPS) is 19.6. The summed E-state index contributed by atoms with van der Waals surface area (Å²) < 4.78 is 5.89. The van der Waals surface area contributed by atoms with Crippen LogP contribution in [0.1, 0.15) is 21.5 Å². The number of hydrogen-bond acceptors (Lipinski definition) is 4. The largest absolute Gasteiger partial charge is 0.872 e. The van der Waals surface area contributed by atoms with Gasteiger partial charge in [0.05, 0.1) is 18.7 Å². The fourth-order valence-electron chi connectivity index (χ4n) is 3.52. The summed E-state index contributed by atoms with van der Waals surface area (Å²) in [7, 11) is 2.11. The van der Waals surface area contributed by atoms with Crippen molar-refractivity contribution >= 4 is 11.9 Å². The van der Waals surface area contributed by atoms with E-state index in [9.17, 15) is 9.90 Å². The molecule has 134 valence electrons. The van der Waals surface area contributed by atoms with Crippen molar-refractivity contribution in [3.05, 3.63) is 64.9 Å². The third-order valence-corrected chi connectivity index (χ3v) is 5.12. The van der Waals surface area contributed by atoms with Crippen LogP contribution < -0.4 is 14.7 Å². The highest BCUT2D eigenvalue weighted by Gasteiger charge is 2.31. The lowest BCUT2D eigenvalue weighted by Gasteiger charge is -2.30. The second-order valence-corrected chi connectivity index (χ2v) is 7.00. The summed E-state index contributed by atoms with van der Waals surface area (Å²) in [5, 5.41) is 12.5. The highest BCUT2D eigenvalue weighted by molar-refractivity contribution is 6.14. The van der Waals surface area contributed by atoms with Crippen molar-refractivity contribution in [3.63, 3.8) is 0 Å². The van der Waals surface area contributed by atoms with Crippen molar-refractivity contribution in [2.45, 2.75) is 6.54 Å². The minimum absolute atomic E-state index is 0.0519. The minimum Gasteiger partial charge on any atom is -0.872 e. The van der Waals surface area contributed by atoms with Crippen molar-refractivity contribution < 1.29 is 19.5 Å². The highest BCUT2D eigenvalue weighted by Crippen LogP contribution is 2.38. The third-order valence-electron chi connectivity index (χ3n) is 5.12. The standard InChI is InChI=1S/C21H22N2O3/c1-22-9-11-23(12-10-22)14-17-18(24)8-7-16-20(25)19(26-21(16)17)13-15-5-3-2-4-6-15/h2-8,13,24H,9-12,14H2,1H3/b19-13+. The van der Waals surface area contributed by atoms with Gasteiger partial charge in [-0.05, 0) is 24.8 Å². The van der Waals surface area contributed by atoms with Crippen molar-refractivity contribution in [1.82, 2.24) is 4.90 Å². The second-order valence-electron chi connectivity index (χ2n) is 7.00. The molecule has 2 aliphatic rings. The molecule has 2 aromatic carbocycles. The molecule has 5 nitrogen and oxygen atoms in total. The molecule has 0 amide bonds. The monoisotopic (exact) mass is 350 g/mol. The predicted octanol–water partition coefficient (Wildman–Crippen LogP) is 0.707. The first kappa shape index (κ1) is 16.8. The van der Waals surface area contributed by atoms with Gasteiger partial charge >= 0.3 is 0 Å². The number of fused-ring (bicyclic) bond motifs is 1. The zero-order valence-corrected chi connectivity index (χ0v) is 14.8. The van der Waals surface area contributed by atoms with Crippen LogP contribution in [-0.4, -0.2) is 43.9 Å². The van der Waals surface area contributed by atoms with E-state index >= 15 is 0 Å². The number of piperazine rings is 1. The summed E-state index contributed by atoms with van der Waals surface area (Å²) >= 11 is 0. The van der Waals surface area contributed by atoms with Crippen LogP contribution in [0, 0.1) is 0 Å². The highest BCUT2D eigenvalue weighted by atomic mass is 16.5. The van der Waals surface area contributed by atoms with Crippen LogP contribution in [-0.2, 0) is 6.54 Å². The first-order chi connectivity index (χ1) is 12.6. The number of carbonyl (C=O) groups is 1. The predicted molar refractivity (Wildman–Crippen MR) is 97.2 cm³/mol. The second kappa shape index (κ2) is 6.94. The van der Waals surface area contributed by atoms with Gasteiger partial charge in [0.25, 0.3) is 0 Å². The Labute approximate surface area is 153 Å². The molecule has 0 radical (unpaired) electrons. The molecule has 1 fully saturated rings. The molecule has 5 heteroatoms. The van der Waals surface area contributed by atoms with E-state index in [1.807, 2.05) is 30.3 Å². The lowest BCUT2D eigenvalue weighted by atomic mass is 10.0. The van der Waals surface area contributed by atoms with Gasteiger partial charge in [-0.25, -0.2) is 0 Å². The Hall–Kier alpha value is -2.63. The van der Waals surface area contributed by atoms with Crippen LogP contribution in [0.25, 0.3) is 6.08 Å². The number of nitrogens with zero attached hydrogens (tertiary/aromatic N) is 1. The number of rotatable bonds is 3. The van der Waals surface area contributed by atoms with Crippen molar-refractivity contribution in [2.24, 2.45) is 0 Å². The van der Waals surface area contributed by atoms with Crippen LogP contribution in [0.4, 0.5) is 0 Å².